The standard InChI is InChI=1S/C18H27N3O2S/c1-12(2)14(4)19-18(23)20-16-6-5-15(11-13(16)3)17(22)21-7-9-24-10-8-21/h5-6,11-12,14H,7-10H2,1-4H3,(H2,19,20,23). The summed E-state index contributed by atoms with van der Waals surface area (Å²) in [5.74, 6) is 2.44. The zero-order valence-electron chi connectivity index (χ0n) is 14.9. The Morgan fingerprint density at radius 2 is 1.83 bits per heavy atom. The Hall–Kier alpha value is -1.69. The molecule has 1 aromatic carbocycles. The molecule has 1 unspecified atom stereocenters. The zero-order valence-corrected chi connectivity index (χ0v) is 15.7. The Morgan fingerprint density at radius 1 is 1.17 bits per heavy atom. The Bertz CT molecular complexity index is 598. The summed E-state index contributed by atoms with van der Waals surface area (Å²) in [5, 5.41) is 5.78. The number of nitrogens with one attached hydrogen (secondary N) is 2. The first-order chi connectivity index (χ1) is 11.4. The molecule has 0 saturated carbocycles. The number of aryl methyl sites for hydroxylation is 1. The molecule has 2 rings (SSSR count). The molecule has 0 radical (unpaired) electrons. The van der Waals surface area contributed by atoms with Crippen molar-refractivity contribution in [2.75, 3.05) is 29.9 Å². The lowest BCUT2D eigenvalue weighted by Gasteiger charge is -2.26. The predicted molar refractivity (Wildman–Crippen MR) is 101 cm³/mol. The fourth-order valence-corrected chi connectivity index (χ4v) is 3.32. The number of rotatable bonds is 4. The highest BCUT2D eigenvalue weighted by atomic mass is 32.2. The summed E-state index contributed by atoms with van der Waals surface area (Å²) in [7, 11) is 0. The molecule has 2 N–H and O–H groups in total. The molecule has 132 valence electrons. The molecule has 1 saturated heterocycles. The first-order valence-corrected chi connectivity index (χ1v) is 9.59. The van der Waals surface area contributed by atoms with Crippen molar-refractivity contribution in [2.24, 2.45) is 5.92 Å². The van der Waals surface area contributed by atoms with Gasteiger partial charge in [0.25, 0.3) is 5.91 Å². The van der Waals surface area contributed by atoms with Gasteiger partial charge in [-0.05, 0) is 43.5 Å². The van der Waals surface area contributed by atoms with Crippen LogP contribution in [0.5, 0.6) is 0 Å². The molecular formula is C18H27N3O2S. The third-order valence-electron chi connectivity index (χ3n) is 4.38. The van der Waals surface area contributed by atoms with Gasteiger partial charge in [0, 0.05) is 41.9 Å². The van der Waals surface area contributed by atoms with Crippen LogP contribution in [0.2, 0.25) is 0 Å². The van der Waals surface area contributed by atoms with E-state index in [0.717, 1.165) is 35.8 Å². The average Bonchev–Trinajstić information content (AvgIpc) is 2.56. The second kappa shape index (κ2) is 8.42. The quantitative estimate of drug-likeness (QED) is 0.876. The number of benzene rings is 1. The highest BCUT2D eigenvalue weighted by Gasteiger charge is 2.19. The van der Waals surface area contributed by atoms with Crippen LogP contribution in [0.1, 0.15) is 36.7 Å². The highest BCUT2D eigenvalue weighted by molar-refractivity contribution is 7.99. The number of nitrogens with zero attached hydrogens (tertiary/aromatic N) is 1. The van der Waals surface area contributed by atoms with Crippen LogP contribution in [-0.2, 0) is 0 Å². The lowest BCUT2D eigenvalue weighted by atomic mass is 10.1. The minimum absolute atomic E-state index is 0.0721. The van der Waals surface area contributed by atoms with E-state index in [-0.39, 0.29) is 18.0 Å². The third-order valence-corrected chi connectivity index (χ3v) is 5.32. The lowest BCUT2D eigenvalue weighted by molar-refractivity contribution is 0.0772. The van der Waals surface area contributed by atoms with Gasteiger partial charge in [-0.1, -0.05) is 13.8 Å². The van der Waals surface area contributed by atoms with Crippen molar-refractivity contribution in [2.45, 2.75) is 33.7 Å². The Balaban J connectivity index is 2.01. The molecule has 6 heteroatoms. The largest absolute Gasteiger partial charge is 0.337 e. The molecule has 24 heavy (non-hydrogen) atoms. The maximum absolute atomic E-state index is 12.5. The summed E-state index contributed by atoms with van der Waals surface area (Å²) in [4.78, 5) is 26.5. The minimum Gasteiger partial charge on any atom is -0.337 e. The number of hydrogen-bond acceptors (Lipinski definition) is 3. The number of hydrogen-bond donors (Lipinski definition) is 2. The van der Waals surface area contributed by atoms with E-state index >= 15 is 0 Å². The number of urea groups is 1. The van der Waals surface area contributed by atoms with E-state index in [9.17, 15) is 9.59 Å². The van der Waals surface area contributed by atoms with Gasteiger partial charge >= 0.3 is 6.03 Å². The topological polar surface area (TPSA) is 61.4 Å². The molecule has 1 atom stereocenters. The third kappa shape index (κ3) is 4.90. The van der Waals surface area contributed by atoms with Crippen LogP contribution in [0.25, 0.3) is 0 Å². The summed E-state index contributed by atoms with van der Waals surface area (Å²) >= 11 is 1.88. The van der Waals surface area contributed by atoms with Crippen molar-refractivity contribution in [3.8, 4) is 0 Å². The van der Waals surface area contributed by atoms with Crippen molar-refractivity contribution in [1.29, 1.82) is 0 Å². The maximum Gasteiger partial charge on any atom is 0.319 e. The Labute approximate surface area is 148 Å². The first-order valence-electron chi connectivity index (χ1n) is 8.43. The van der Waals surface area contributed by atoms with E-state index in [1.807, 2.05) is 36.6 Å². The summed E-state index contributed by atoms with van der Waals surface area (Å²) in [6.45, 7) is 9.63. The summed E-state index contributed by atoms with van der Waals surface area (Å²) in [6.07, 6.45) is 0. The number of thioether (sulfide) groups is 1. The smallest absolute Gasteiger partial charge is 0.319 e. The first kappa shape index (κ1) is 18.6. The van der Waals surface area contributed by atoms with Crippen LogP contribution in [-0.4, -0.2) is 47.5 Å². The maximum atomic E-state index is 12.5. The van der Waals surface area contributed by atoms with Gasteiger partial charge in [-0.15, -0.1) is 0 Å². The van der Waals surface area contributed by atoms with Gasteiger partial charge in [-0.25, -0.2) is 4.79 Å². The van der Waals surface area contributed by atoms with Gasteiger partial charge in [0.15, 0.2) is 0 Å². The monoisotopic (exact) mass is 349 g/mol. The van der Waals surface area contributed by atoms with Crippen molar-refractivity contribution in [3.05, 3.63) is 29.3 Å². The van der Waals surface area contributed by atoms with Gasteiger partial charge in [0.1, 0.15) is 0 Å². The number of carbonyl (C=O) groups excluding carboxylic acids is 2. The second-order valence-corrected chi connectivity index (χ2v) is 7.79. The molecule has 1 aliphatic rings. The van der Waals surface area contributed by atoms with Crippen LogP contribution in [0, 0.1) is 12.8 Å². The highest BCUT2D eigenvalue weighted by Crippen LogP contribution is 2.19. The van der Waals surface area contributed by atoms with E-state index in [4.69, 9.17) is 0 Å². The van der Waals surface area contributed by atoms with E-state index < -0.39 is 0 Å². The Kier molecular flexibility index (Phi) is 6.54. The fraction of sp³-hybridized carbons (Fsp3) is 0.556. The van der Waals surface area contributed by atoms with Crippen LogP contribution in [0.4, 0.5) is 10.5 Å². The molecule has 0 aromatic heterocycles. The molecule has 0 aliphatic carbocycles. The second-order valence-electron chi connectivity index (χ2n) is 6.57. The van der Waals surface area contributed by atoms with Gasteiger partial charge in [-0.3, -0.25) is 4.79 Å². The minimum atomic E-state index is -0.216. The zero-order chi connectivity index (χ0) is 17.7. The molecule has 0 spiro atoms. The van der Waals surface area contributed by atoms with Gasteiger partial charge in [0.05, 0.1) is 0 Å². The average molecular weight is 350 g/mol. The van der Waals surface area contributed by atoms with E-state index in [0.29, 0.717) is 11.5 Å². The predicted octanol–water partition coefficient (Wildman–Crippen LogP) is 3.35. The molecule has 1 fully saturated rings. The van der Waals surface area contributed by atoms with Gasteiger partial charge in [-0.2, -0.15) is 11.8 Å². The molecule has 1 heterocycles. The fourth-order valence-electron chi connectivity index (χ4n) is 2.42. The lowest BCUT2D eigenvalue weighted by Crippen LogP contribution is -2.39. The van der Waals surface area contributed by atoms with Crippen LogP contribution >= 0.6 is 11.8 Å². The number of amides is 3. The van der Waals surface area contributed by atoms with Crippen LogP contribution in [0.3, 0.4) is 0 Å². The molecule has 1 aromatic rings. The molecular weight excluding hydrogens is 322 g/mol. The summed E-state index contributed by atoms with van der Waals surface area (Å²) in [5.41, 5.74) is 2.30. The molecule has 3 amide bonds. The van der Waals surface area contributed by atoms with Gasteiger partial charge < -0.3 is 15.5 Å². The van der Waals surface area contributed by atoms with Crippen molar-refractivity contribution >= 4 is 29.4 Å². The summed E-state index contributed by atoms with van der Waals surface area (Å²) in [6, 6.07) is 5.33. The molecule has 5 nitrogen and oxygen atoms in total. The summed E-state index contributed by atoms with van der Waals surface area (Å²) < 4.78 is 0. The van der Waals surface area contributed by atoms with E-state index in [1.54, 1.807) is 12.1 Å². The van der Waals surface area contributed by atoms with Crippen molar-refractivity contribution in [3.63, 3.8) is 0 Å². The number of anilines is 1. The molecule has 1 aliphatic heterocycles. The normalized spacial score (nSPS) is 16.0. The number of carbonyl (C=O) groups is 2. The van der Waals surface area contributed by atoms with Crippen LogP contribution in [0.15, 0.2) is 18.2 Å². The van der Waals surface area contributed by atoms with Crippen molar-refractivity contribution in [1.82, 2.24) is 10.2 Å². The van der Waals surface area contributed by atoms with E-state index in [2.05, 4.69) is 24.5 Å². The van der Waals surface area contributed by atoms with Crippen molar-refractivity contribution < 1.29 is 9.59 Å². The Morgan fingerprint density at radius 3 is 2.42 bits per heavy atom. The SMILES string of the molecule is Cc1cc(C(=O)N2CCSCC2)ccc1NC(=O)NC(C)C(C)C. The van der Waals surface area contributed by atoms with Gasteiger partial charge in [0.2, 0.25) is 0 Å². The molecule has 0 bridgehead atoms. The van der Waals surface area contributed by atoms with Crippen LogP contribution < -0.4 is 10.6 Å². The van der Waals surface area contributed by atoms with E-state index in [1.165, 1.54) is 0 Å².